The second kappa shape index (κ2) is 10.0. The highest BCUT2D eigenvalue weighted by Gasteiger charge is 2.27. The van der Waals surface area contributed by atoms with Gasteiger partial charge in [-0.3, -0.25) is 0 Å². The van der Waals surface area contributed by atoms with Crippen LogP contribution in [0.4, 0.5) is 0 Å². The summed E-state index contributed by atoms with van der Waals surface area (Å²) in [7, 11) is -1.18. The standard InChI is InChI=1S/C17H27BCl2N2O2/c19-15-5-4-14(17(20)10-15)6-8-22-11-13(12-22)9-16(21)3-1-2-7-18(23)24/h4-5,10,13,16,23-24H,1-3,6-9,11-12,21H2. The van der Waals surface area contributed by atoms with E-state index < -0.39 is 7.12 Å². The van der Waals surface area contributed by atoms with E-state index in [1.807, 2.05) is 12.1 Å². The van der Waals surface area contributed by atoms with Gasteiger partial charge in [0.1, 0.15) is 0 Å². The van der Waals surface area contributed by atoms with Crippen LogP contribution in [-0.2, 0) is 6.42 Å². The Morgan fingerprint density at radius 2 is 2.00 bits per heavy atom. The minimum absolute atomic E-state index is 0.221. The maximum absolute atomic E-state index is 8.81. The summed E-state index contributed by atoms with van der Waals surface area (Å²) in [6, 6.07) is 5.91. The Labute approximate surface area is 155 Å². The van der Waals surface area contributed by atoms with Gasteiger partial charge in [-0.1, -0.05) is 42.1 Å². The van der Waals surface area contributed by atoms with E-state index in [1.165, 1.54) is 0 Å². The summed E-state index contributed by atoms with van der Waals surface area (Å²) in [6.45, 7) is 3.23. The number of unbranched alkanes of at least 4 members (excludes halogenated alkanes) is 1. The van der Waals surface area contributed by atoms with Crippen molar-refractivity contribution in [3.63, 3.8) is 0 Å². The summed E-state index contributed by atoms with van der Waals surface area (Å²) in [5.41, 5.74) is 7.32. The van der Waals surface area contributed by atoms with E-state index in [-0.39, 0.29) is 6.04 Å². The summed E-state index contributed by atoms with van der Waals surface area (Å²) in [6.07, 6.45) is 5.19. The van der Waals surface area contributed by atoms with Crippen LogP contribution in [-0.4, -0.2) is 47.7 Å². The van der Waals surface area contributed by atoms with Crippen LogP contribution in [0.3, 0.4) is 0 Å². The first kappa shape index (κ1) is 20.0. The first-order valence-corrected chi connectivity index (χ1v) is 9.47. The molecule has 1 saturated heterocycles. The van der Waals surface area contributed by atoms with E-state index in [2.05, 4.69) is 4.90 Å². The summed E-state index contributed by atoms with van der Waals surface area (Å²) in [4.78, 5) is 2.43. The highest BCUT2D eigenvalue weighted by atomic mass is 35.5. The first-order chi connectivity index (χ1) is 11.4. The molecule has 7 heteroatoms. The van der Waals surface area contributed by atoms with Crippen LogP contribution in [0.15, 0.2) is 18.2 Å². The van der Waals surface area contributed by atoms with Crippen LogP contribution < -0.4 is 5.73 Å². The lowest BCUT2D eigenvalue weighted by molar-refractivity contribution is 0.0898. The van der Waals surface area contributed by atoms with E-state index in [0.717, 1.165) is 62.3 Å². The Kier molecular flexibility index (Phi) is 8.34. The van der Waals surface area contributed by atoms with Crippen LogP contribution in [0, 0.1) is 5.92 Å². The molecular weight excluding hydrogens is 346 g/mol. The van der Waals surface area contributed by atoms with Gasteiger partial charge in [-0.2, -0.15) is 0 Å². The SMILES string of the molecule is NC(CCCCB(O)O)CC1CN(CCc2ccc(Cl)cc2Cl)C1. The molecule has 0 radical (unpaired) electrons. The summed E-state index contributed by atoms with van der Waals surface area (Å²) >= 11 is 12.1. The fraction of sp³-hybridized carbons (Fsp3) is 0.647. The average molecular weight is 373 g/mol. The minimum atomic E-state index is -1.18. The molecular formula is C17H27BCl2N2O2. The van der Waals surface area contributed by atoms with E-state index in [1.54, 1.807) is 6.07 Å². The van der Waals surface area contributed by atoms with Gasteiger partial charge in [0, 0.05) is 35.7 Å². The van der Waals surface area contributed by atoms with Crippen molar-refractivity contribution in [1.82, 2.24) is 4.90 Å². The molecule has 1 aromatic rings. The van der Waals surface area contributed by atoms with Crippen LogP contribution >= 0.6 is 23.2 Å². The number of rotatable bonds is 10. The van der Waals surface area contributed by atoms with Crippen molar-refractivity contribution >= 4 is 30.3 Å². The topological polar surface area (TPSA) is 69.7 Å². The Hall–Kier alpha value is -0.295. The van der Waals surface area contributed by atoms with Crippen LogP contribution in [0.2, 0.25) is 16.4 Å². The monoisotopic (exact) mass is 372 g/mol. The molecule has 0 spiro atoms. The number of likely N-dealkylation sites (tertiary alicyclic amines) is 1. The van der Waals surface area contributed by atoms with Gasteiger partial charge in [0.25, 0.3) is 0 Å². The number of nitrogens with zero attached hydrogens (tertiary/aromatic N) is 1. The van der Waals surface area contributed by atoms with Crippen LogP contribution in [0.1, 0.15) is 31.2 Å². The van der Waals surface area contributed by atoms with Gasteiger partial charge < -0.3 is 20.7 Å². The highest BCUT2D eigenvalue weighted by molar-refractivity contribution is 6.40. The lowest BCUT2D eigenvalue weighted by Crippen LogP contribution is -2.49. The molecule has 0 bridgehead atoms. The minimum Gasteiger partial charge on any atom is -0.427 e. The lowest BCUT2D eigenvalue weighted by atomic mass is 9.82. The smallest absolute Gasteiger partial charge is 0.427 e. The molecule has 0 saturated carbocycles. The Bertz CT molecular complexity index is 513. The van der Waals surface area contributed by atoms with Crippen molar-refractivity contribution in [3.05, 3.63) is 33.8 Å². The number of hydrogen-bond acceptors (Lipinski definition) is 4. The molecule has 1 atom stereocenters. The molecule has 0 aromatic heterocycles. The van der Waals surface area contributed by atoms with Gasteiger partial charge in [-0.15, -0.1) is 0 Å². The molecule has 1 aliphatic heterocycles. The van der Waals surface area contributed by atoms with Crippen molar-refractivity contribution in [2.45, 2.75) is 44.5 Å². The van der Waals surface area contributed by atoms with Crippen molar-refractivity contribution in [2.75, 3.05) is 19.6 Å². The van der Waals surface area contributed by atoms with Gasteiger partial charge in [0.2, 0.25) is 0 Å². The van der Waals surface area contributed by atoms with Gasteiger partial charge in [-0.05, 0) is 49.2 Å². The zero-order valence-corrected chi connectivity index (χ0v) is 15.5. The summed E-state index contributed by atoms with van der Waals surface area (Å²) in [5, 5.41) is 19.0. The van der Waals surface area contributed by atoms with E-state index >= 15 is 0 Å². The van der Waals surface area contributed by atoms with E-state index in [0.29, 0.717) is 17.3 Å². The largest absolute Gasteiger partial charge is 0.451 e. The number of benzene rings is 1. The third-order valence-corrected chi connectivity index (χ3v) is 5.26. The molecule has 134 valence electrons. The van der Waals surface area contributed by atoms with Gasteiger partial charge in [-0.25, -0.2) is 0 Å². The zero-order chi connectivity index (χ0) is 17.5. The Balaban J connectivity index is 1.56. The third kappa shape index (κ3) is 6.91. The lowest BCUT2D eigenvalue weighted by Gasteiger charge is -2.40. The van der Waals surface area contributed by atoms with Crippen molar-refractivity contribution in [2.24, 2.45) is 11.7 Å². The normalized spacial score (nSPS) is 16.9. The average Bonchev–Trinajstić information content (AvgIpc) is 2.47. The fourth-order valence-corrected chi connectivity index (χ4v) is 3.79. The molecule has 4 nitrogen and oxygen atoms in total. The van der Waals surface area contributed by atoms with Crippen LogP contribution in [0.25, 0.3) is 0 Å². The molecule has 0 aliphatic carbocycles. The van der Waals surface area contributed by atoms with Gasteiger partial charge >= 0.3 is 7.12 Å². The maximum Gasteiger partial charge on any atom is 0.451 e. The van der Waals surface area contributed by atoms with Crippen LogP contribution in [0.5, 0.6) is 0 Å². The molecule has 24 heavy (non-hydrogen) atoms. The number of halogens is 2. The summed E-state index contributed by atoms with van der Waals surface area (Å²) < 4.78 is 0. The predicted molar refractivity (Wildman–Crippen MR) is 102 cm³/mol. The second-order valence-corrected chi connectivity index (χ2v) is 7.72. The second-order valence-electron chi connectivity index (χ2n) is 6.87. The fourth-order valence-electron chi connectivity index (χ4n) is 3.29. The molecule has 1 heterocycles. The van der Waals surface area contributed by atoms with Gasteiger partial charge in [0.15, 0.2) is 0 Å². The number of nitrogens with two attached hydrogens (primary N) is 1. The predicted octanol–water partition coefficient (Wildman–Crippen LogP) is 2.83. The first-order valence-electron chi connectivity index (χ1n) is 8.72. The highest BCUT2D eigenvalue weighted by Crippen LogP contribution is 2.25. The quantitative estimate of drug-likeness (QED) is 0.436. The molecule has 1 unspecified atom stereocenters. The molecule has 4 N–H and O–H groups in total. The van der Waals surface area contributed by atoms with E-state index in [4.69, 9.17) is 39.0 Å². The molecule has 1 fully saturated rings. The molecule has 1 aliphatic rings. The van der Waals surface area contributed by atoms with E-state index in [9.17, 15) is 0 Å². The zero-order valence-electron chi connectivity index (χ0n) is 14.0. The Morgan fingerprint density at radius 1 is 1.25 bits per heavy atom. The maximum atomic E-state index is 8.81. The molecule has 1 aromatic carbocycles. The Morgan fingerprint density at radius 3 is 2.67 bits per heavy atom. The molecule has 0 amide bonds. The number of hydrogen-bond donors (Lipinski definition) is 3. The summed E-state index contributed by atoms with van der Waals surface area (Å²) in [5.74, 6) is 0.684. The van der Waals surface area contributed by atoms with Crippen molar-refractivity contribution in [3.8, 4) is 0 Å². The van der Waals surface area contributed by atoms with Crippen molar-refractivity contribution < 1.29 is 10.0 Å². The van der Waals surface area contributed by atoms with Crippen molar-refractivity contribution in [1.29, 1.82) is 0 Å². The van der Waals surface area contributed by atoms with Gasteiger partial charge in [0.05, 0.1) is 0 Å². The molecule has 2 rings (SSSR count). The third-order valence-electron chi connectivity index (χ3n) is 4.67.